The molecule has 0 atom stereocenters. The van der Waals surface area contributed by atoms with Gasteiger partial charge in [0.15, 0.2) is 11.5 Å². The maximum absolute atomic E-state index is 12.5. The second kappa shape index (κ2) is 8.88. The van der Waals surface area contributed by atoms with Crippen molar-refractivity contribution >= 4 is 39.1 Å². The van der Waals surface area contributed by atoms with Crippen molar-refractivity contribution in [2.75, 3.05) is 12.4 Å². The molecule has 0 saturated heterocycles. The molecule has 0 spiro atoms. The van der Waals surface area contributed by atoms with Crippen molar-refractivity contribution in [1.82, 2.24) is 4.98 Å². The number of aromatic nitrogens is 1. The lowest BCUT2D eigenvalue weighted by atomic mass is 10.2. The first-order chi connectivity index (χ1) is 13.1. The van der Waals surface area contributed by atoms with Crippen LogP contribution in [0.4, 0.5) is 5.69 Å². The number of rotatable bonds is 6. The number of benzene rings is 2. The molecule has 3 rings (SSSR count). The number of halogens is 2. The molecule has 0 fully saturated rings. The molecule has 1 amide bonds. The van der Waals surface area contributed by atoms with Crippen LogP contribution in [0.5, 0.6) is 11.5 Å². The van der Waals surface area contributed by atoms with Gasteiger partial charge in [-0.3, -0.25) is 9.78 Å². The van der Waals surface area contributed by atoms with Crippen molar-refractivity contribution in [2.24, 2.45) is 0 Å². The zero-order chi connectivity index (χ0) is 19.2. The predicted molar refractivity (Wildman–Crippen MR) is 109 cm³/mol. The second-order valence-electron chi connectivity index (χ2n) is 5.59. The summed E-state index contributed by atoms with van der Waals surface area (Å²) in [5.41, 5.74) is 1.93. The lowest BCUT2D eigenvalue weighted by molar-refractivity contribution is 0.102. The van der Waals surface area contributed by atoms with Crippen LogP contribution in [0, 0.1) is 0 Å². The van der Waals surface area contributed by atoms with E-state index >= 15 is 0 Å². The van der Waals surface area contributed by atoms with Gasteiger partial charge in [-0.05, 0) is 48.0 Å². The van der Waals surface area contributed by atoms with Crippen LogP contribution in [0.3, 0.4) is 0 Å². The fourth-order valence-electron chi connectivity index (χ4n) is 2.38. The number of carbonyl (C=O) groups excluding carboxylic acids is 1. The molecule has 0 saturated carbocycles. The lowest BCUT2D eigenvalue weighted by Gasteiger charge is -2.13. The molecule has 5 nitrogen and oxygen atoms in total. The average molecular weight is 448 g/mol. The van der Waals surface area contributed by atoms with Crippen molar-refractivity contribution < 1.29 is 14.3 Å². The van der Waals surface area contributed by atoms with E-state index in [4.69, 9.17) is 21.1 Å². The molecule has 0 aliphatic rings. The summed E-state index contributed by atoms with van der Waals surface area (Å²) in [7, 11) is 1.56. The van der Waals surface area contributed by atoms with Crippen LogP contribution >= 0.6 is 27.5 Å². The standard InChI is InChI=1S/C20H16BrClN2O3/c1-26-18-5-3-15(11-19(18)27-12-13-6-8-23-9-7-13)24-20(25)16-4-2-14(21)10-17(16)22/h2-11H,12H2,1H3,(H,24,25). The van der Waals surface area contributed by atoms with Crippen LogP contribution in [0.1, 0.15) is 15.9 Å². The second-order valence-corrected chi connectivity index (χ2v) is 6.91. The summed E-state index contributed by atoms with van der Waals surface area (Å²) in [6.45, 7) is 0.356. The number of anilines is 1. The zero-order valence-corrected chi connectivity index (χ0v) is 16.8. The van der Waals surface area contributed by atoms with Crippen LogP contribution in [0.2, 0.25) is 5.02 Å². The Morgan fingerprint density at radius 1 is 1.11 bits per heavy atom. The van der Waals surface area contributed by atoms with E-state index in [1.165, 1.54) is 0 Å². The number of methoxy groups -OCH3 is 1. The minimum atomic E-state index is -0.308. The molecule has 0 aliphatic heterocycles. The maximum Gasteiger partial charge on any atom is 0.257 e. The van der Waals surface area contributed by atoms with Gasteiger partial charge in [-0.1, -0.05) is 27.5 Å². The molecule has 0 bridgehead atoms. The highest BCUT2D eigenvalue weighted by Crippen LogP contribution is 2.31. The Kier molecular flexibility index (Phi) is 6.32. The third kappa shape index (κ3) is 4.99. The highest BCUT2D eigenvalue weighted by atomic mass is 79.9. The largest absolute Gasteiger partial charge is 0.493 e. The summed E-state index contributed by atoms with van der Waals surface area (Å²) in [4.78, 5) is 16.5. The summed E-state index contributed by atoms with van der Waals surface area (Å²) in [6, 6.07) is 14.0. The smallest absolute Gasteiger partial charge is 0.257 e. The Morgan fingerprint density at radius 2 is 1.89 bits per heavy atom. The molecule has 7 heteroatoms. The van der Waals surface area contributed by atoms with Crippen LogP contribution in [0.15, 0.2) is 65.4 Å². The van der Waals surface area contributed by atoms with E-state index in [0.29, 0.717) is 34.4 Å². The van der Waals surface area contributed by atoms with Gasteiger partial charge in [0.25, 0.3) is 5.91 Å². The third-order valence-corrected chi connectivity index (χ3v) is 4.55. The topological polar surface area (TPSA) is 60.5 Å². The Hall–Kier alpha value is -2.57. The Bertz CT molecular complexity index is 951. The maximum atomic E-state index is 12.5. The predicted octanol–water partition coefficient (Wildman–Crippen LogP) is 5.34. The molecule has 3 aromatic rings. The van der Waals surface area contributed by atoms with Gasteiger partial charge in [-0.2, -0.15) is 0 Å². The molecular weight excluding hydrogens is 432 g/mol. The summed E-state index contributed by atoms with van der Waals surface area (Å²) in [5.74, 6) is 0.787. The van der Waals surface area contributed by atoms with Gasteiger partial charge in [-0.15, -0.1) is 0 Å². The van der Waals surface area contributed by atoms with Gasteiger partial charge in [0, 0.05) is 28.6 Å². The Balaban J connectivity index is 1.77. The third-order valence-electron chi connectivity index (χ3n) is 3.74. The number of nitrogens with zero attached hydrogens (tertiary/aromatic N) is 1. The molecule has 1 N–H and O–H groups in total. The monoisotopic (exact) mass is 446 g/mol. The van der Waals surface area contributed by atoms with Gasteiger partial charge in [0.05, 0.1) is 17.7 Å². The van der Waals surface area contributed by atoms with Crippen LogP contribution < -0.4 is 14.8 Å². The normalized spacial score (nSPS) is 10.3. The first-order valence-corrected chi connectivity index (χ1v) is 9.20. The first-order valence-electron chi connectivity index (χ1n) is 8.03. The fraction of sp³-hybridized carbons (Fsp3) is 0.100. The molecule has 138 valence electrons. The molecule has 0 aliphatic carbocycles. The highest BCUT2D eigenvalue weighted by Gasteiger charge is 2.13. The number of ether oxygens (including phenoxy) is 2. The number of hydrogen-bond donors (Lipinski definition) is 1. The van der Waals surface area contributed by atoms with Crippen LogP contribution in [-0.4, -0.2) is 18.0 Å². The quantitative estimate of drug-likeness (QED) is 0.554. The minimum absolute atomic E-state index is 0.308. The molecular formula is C20H16BrClN2O3. The van der Waals surface area contributed by atoms with E-state index in [1.807, 2.05) is 12.1 Å². The Morgan fingerprint density at radius 3 is 2.59 bits per heavy atom. The minimum Gasteiger partial charge on any atom is -0.493 e. The summed E-state index contributed by atoms with van der Waals surface area (Å²) in [5, 5.41) is 3.19. The van der Waals surface area contributed by atoms with Crippen molar-refractivity contribution in [3.05, 3.63) is 81.5 Å². The van der Waals surface area contributed by atoms with Crippen molar-refractivity contribution in [3.8, 4) is 11.5 Å². The molecule has 0 unspecified atom stereocenters. The lowest BCUT2D eigenvalue weighted by Crippen LogP contribution is -2.12. The molecule has 1 aromatic heterocycles. The van der Waals surface area contributed by atoms with E-state index in [1.54, 1.807) is 55.9 Å². The van der Waals surface area contributed by atoms with Crippen molar-refractivity contribution in [3.63, 3.8) is 0 Å². The number of amides is 1. The van der Waals surface area contributed by atoms with E-state index in [-0.39, 0.29) is 5.91 Å². The number of carbonyl (C=O) groups is 1. The van der Waals surface area contributed by atoms with Crippen molar-refractivity contribution in [2.45, 2.75) is 6.61 Å². The SMILES string of the molecule is COc1ccc(NC(=O)c2ccc(Br)cc2Cl)cc1OCc1ccncc1. The average Bonchev–Trinajstić information content (AvgIpc) is 2.67. The van der Waals surface area contributed by atoms with E-state index in [2.05, 4.69) is 26.2 Å². The molecule has 27 heavy (non-hydrogen) atoms. The van der Waals surface area contributed by atoms with Gasteiger partial charge in [0.2, 0.25) is 0 Å². The van der Waals surface area contributed by atoms with Crippen LogP contribution in [-0.2, 0) is 6.61 Å². The van der Waals surface area contributed by atoms with Crippen LogP contribution in [0.25, 0.3) is 0 Å². The van der Waals surface area contributed by atoms with Gasteiger partial charge >= 0.3 is 0 Å². The van der Waals surface area contributed by atoms with E-state index in [9.17, 15) is 4.79 Å². The number of hydrogen-bond acceptors (Lipinski definition) is 4. The van der Waals surface area contributed by atoms with Gasteiger partial charge in [-0.25, -0.2) is 0 Å². The van der Waals surface area contributed by atoms with Gasteiger partial charge < -0.3 is 14.8 Å². The molecule has 0 radical (unpaired) electrons. The summed E-state index contributed by atoms with van der Waals surface area (Å²) < 4.78 is 12.0. The number of pyridine rings is 1. The molecule has 2 aromatic carbocycles. The summed E-state index contributed by atoms with van der Waals surface area (Å²) in [6.07, 6.45) is 3.41. The van der Waals surface area contributed by atoms with E-state index in [0.717, 1.165) is 10.0 Å². The van der Waals surface area contributed by atoms with Crippen molar-refractivity contribution in [1.29, 1.82) is 0 Å². The van der Waals surface area contributed by atoms with E-state index < -0.39 is 0 Å². The number of nitrogens with one attached hydrogen (secondary N) is 1. The molecule has 1 heterocycles. The van der Waals surface area contributed by atoms with Gasteiger partial charge in [0.1, 0.15) is 6.61 Å². The highest BCUT2D eigenvalue weighted by molar-refractivity contribution is 9.10. The zero-order valence-electron chi connectivity index (χ0n) is 14.4. The Labute approximate surface area is 170 Å². The fourth-order valence-corrected chi connectivity index (χ4v) is 3.14. The first kappa shape index (κ1) is 19.2. The summed E-state index contributed by atoms with van der Waals surface area (Å²) >= 11 is 9.47.